The molecular formula is C15H32N2S. The molecule has 1 aliphatic carbocycles. The van der Waals surface area contributed by atoms with Crippen molar-refractivity contribution in [3.8, 4) is 0 Å². The van der Waals surface area contributed by atoms with Crippen molar-refractivity contribution in [2.75, 3.05) is 39.5 Å². The summed E-state index contributed by atoms with van der Waals surface area (Å²) in [7, 11) is 4.33. The van der Waals surface area contributed by atoms with E-state index in [1.165, 1.54) is 38.6 Å². The van der Waals surface area contributed by atoms with Gasteiger partial charge >= 0.3 is 0 Å². The van der Waals surface area contributed by atoms with E-state index < -0.39 is 0 Å². The quantitative estimate of drug-likeness (QED) is 0.711. The van der Waals surface area contributed by atoms with Crippen LogP contribution in [0.15, 0.2) is 0 Å². The van der Waals surface area contributed by atoms with E-state index in [1.807, 2.05) is 0 Å². The molecule has 0 aromatic carbocycles. The molecule has 0 bridgehead atoms. The summed E-state index contributed by atoms with van der Waals surface area (Å²) in [5.41, 5.74) is 0.484. The lowest BCUT2D eigenvalue weighted by Gasteiger charge is -2.42. The molecule has 1 atom stereocenters. The lowest BCUT2D eigenvalue weighted by atomic mass is 9.75. The van der Waals surface area contributed by atoms with Gasteiger partial charge in [0.25, 0.3) is 0 Å². The van der Waals surface area contributed by atoms with Crippen molar-refractivity contribution in [1.29, 1.82) is 0 Å². The topological polar surface area (TPSA) is 6.48 Å². The molecule has 108 valence electrons. The molecule has 0 aromatic heterocycles. The lowest BCUT2D eigenvalue weighted by molar-refractivity contribution is 0.0912. The molecular weight excluding hydrogens is 240 g/mol. The van der Waals surface area contributed by atoms with Crippen molar-refractivity contribution < 1.29 is 0 Å². The normalized spacial score (nSPS) is 21.5. The average Bonchev–Trinajstić information content (AvgIpc) is 2.36. The third-order valence-electron chi connectivity index (χ3n) is 4.45. The molecule has 3 heteroatoms. The van der Waals surface area contributed by atoms with E-state index in [0.29, 0.717) is 11.5 Å². The molecule has 0 heterocycles. The van der Waals surface area contributed by atoms with E-state index >= 15 is 0 Å². The first-order valence-corrected chi connectivity index (χ1v) is 8.16. The van der Waals surface area contributed by atoms with Crippen LogP contribution in [0, 0.1) is 5.41 Å². The molecule has 1 aliphatic rings. The van der Waals surface area contributed by atoms with Gasteiger partial charge in [0, 0.05) is 19.1 Å². The first kappa shape index (κ1) is 16.3. The Labute approximate surface area is 120 Å². The zero-order valence-electron chi connectivity index (χ0n) is 12.8. The first-order chi connectivity index (χ1) is 8.53. The molecule has 1 saturated carbocycles. The fourth-order valence-corrected chi connectivity index (χ4v) is 3.74. The third-order valence-corrected chi connectivity index (χ3v) is 5.12. The highest BCUT2D eigenvalue weighted by molar-refractivity contribution is 7.80. The molecule has 1 rings (SSSR count). The Morgan fingerprint density at radius 2 is 1.78 bits per heavy atom. The van der Waals surface area contributed by atoms with Gasteiger partial charge in [-0.2, -0.15) is 12.6 Å². The predicted octanol–water partition coefficient (Wildman–Crippen LogP) is 3.14. The third kappa shape index (κ3) is 4.75. The van der Waals surface area contributed by atoms with Crippen molar-refractivity contribution in [1.82, 2.24) is 9.80 Å². The Morgan fingerprint density at radius 3 is 2.22 bits per heavy atom. The molecule has 0 amide bonds. The summed E-state index contributed by atoms with van der Waals surface area (Å²) in [6.45, 7) is 8.20. The molecule has 0 saturated heterocycles. The Morgan fingerprint density at radius 1 is 1.17 bits per heavy atom. The van der Waals surface area contributed by atoms with Gasteiger partial charge in [-0.15, -0.1) is 0 Å². The zero-order valence-corrected chi connectivity index (χ0v) is 13.7. The standard InChI is InChI=1S/C15H32N2S/c1-5-17(14(2)11-16(3)4)12-15(13-18)9-7-6-8-10-15/h14,18H,5-13H2,1-4H3. The van der Waals surface area contributed by atoms with Gasteiger partial charge in [-0.25, -0.2) is 0 Å². The first-order valence-electron chi connectivity index (χ1n) is 7.52. The maximum atomic E-state index is 4.66. The Hall–Kier alpha value is 0.270. The molecule has 18 heavy (non-hydrogen) atoms. The molecule has 0 radical (unpaired) electrons. The molecule has 0 aromatic rings. The fourth-order valence-electron chi connectivity index (χ4n) is 3.32. The van der Waals surface area contributed by atoms with Crippen LogP contribution in [0.25, 0.3) is 0 Å². The molecule has 0 N–H and O–H groups in total. The number of likely N-dealkylation sites (N-methyl/N-ethyl adjacent to an activating group) is 2. The summed E-state index contributed by atoms with van der Waals surface area (Å²) in [4.78, 5) is 4.95. The molecule has 0 spiro atoms. The minimum absolute atomic E-state index is 0.484. The Balaban J connectivity index is 2.59. The van der Waals surface area contributed by atoms with E-state index in [2.05, 4.69) is 50.4 Å². The Kier molecular flexibility index (Phi) is 7.04. The van der Waals surface area contributed by atoms with Gasteiger partial charge in [0.15, 0.2) is 0 Å². The number of hydrogen-bond donors (Lipinski definition) is 1. The van der Waals surface area contributed by atoms with Crippen LogP contribution in [0.2, 0.25) is 0 Å². The number of thiol groups is 1. The van der Waals surface area contributed by atoms with Crippen LogP contribution in [-0.2, 0) is 0 Å². The van der Waals surface area contributed by atoms with Crippen LogP contribution in [0.3, 0.4) is 0 Å². The number of hydrogen-bond acceptors (Lipinski definition) is 3. The van der Waals surface area contributed by atoms with Crippen LogP contribution >= 0.6 is 12.6 Å². The van der Waals surface area contributed by atoms with Crippen molar-refractivity contribution in [2.24, 2.45) is 5.41 Å². The van der Waals surface area contributed by atoms with Crippen LogP contribution < -0.4 is 0 Å². The molecule has 1 unspecified atom stereocenters. The largest absolute Gasteiger partial charge is 0.308 e. The highest BCUT2D eigenvalue weighted by atomic mass is 32.1. The summed E-state index contributed by atoms with van der Waals surface area (Å²) in [5.74, 6) is 1.05. The maximum Gasteiger partial charge on any atom is 0.0194 e. The van der Waals surface area contributed by atoms with E-state index in [4.69, 9.17) is 0 Å². The second-order valence-electron chi connectivity index (χ2n) is 6.39. The van der Waals surface area contributed by atoms with Gasteiger partial charge in [0.05, 0.1) is 0 Å². The van der Waals surface area contributed by atoms with Gasteiger partial charge in [-0.05, 0) is 51.6 Å². The summed E-state index contributed by atoms with van der Waals surface area (Å²) >= 11 is 4.66. The van der Waals surface area contributed by atoms with Crippen LogP contribution in [0.5, 0.6) is 0 Å². The van der Waals surface area contributed by atoms with Gasteiger partial charge in [-0.1, -0.05) is 26.2 Å². The van der Waals surface area contributed by atoms with Crippen LogP contribution in [-0.4, -0.2) is 55.3 Å². The van der Waals surface area contributed by atoms with Crippen molar-refractivity contribution in [2.45, 2.75) is 52.0 Å². The summed E-state index contributed by atoms with van der Waals surface area (Å²) in [6.07, 6.45) is 6.98. The van der Waals surface area contributed by atoms with E-state index in [1.54, 1.807) is 0 Å². The van der Waals surface area contributed by atoms with E-state index in [9.17, 15) is 0 Å². The highest BCUT2D eigenvalue weighted by Gasteiger charge is 2.33. The molecule has 2 nitrogen and oxygen atoms in total. The average molecular weight is 273 g/mol. The minimum Gasteiger partial charge on any atom is -0.308 e. The van der Waals surface area contributed by atoms with Gasteiger partial charge < -0.3 is 4.90 Å². The fraction of sp³-hybridized carbons (Fsp3) is 1.00. The van der Waals surface area contributed by atoms with Gasteiger partial charge in [0.2, 0.25) is 0 Å². The van der Waals surface area contributed by atoms with Crippen molar-refractivity contribution in [3.63, 3.8) is 0 Å². The lowest BCUT2D eigenvalue weighted by Crippen LogP contribution is -2.47. The van der Waals surface area contributed by atoms with Crippen LogP contribution in [0.4, 0.5) is 0 Å². The summed E-state index contributed by atoms with van der Waals surface area (Å²) in [5, 5.41) is 0. The van der Waals surface area contributed by atoms with E-state index in [0.717, 1.165) is 18.8 Å². The monoisotopic (exact) mass is 272 g/mol. The second-order valence-corrected chi connectivity index (χ2v) is 6.71. The molecule has 1 fully saturated rings. The highest BCUT2D eigenvalue weighted by Crippen LogP contribution is 2.38. The number of rotatable bonds is 7. The zero-order chi connectivity index (χ0) is 13.6. The second kappa shape index (κ2) is 7.76. The number of nitrogens with zero attached hydrogens (tertiary/aromatic N) is 2. The van der Waals surface area contributed by atoms with Crippen LogP contribution in [0.1, 0.15) is 46.0 Å². The smallest absolute Gasteiger partial charge is 0.0194 e. The molecule has 0 aliphatic heterocycles. The van der Waals surface area contributed by atoms with Crippen molar-refractivity contribution >= 4 is 12.6 Å². The summed E-state index contributed by atoms with van der Waals surface area (Å²) in [6, 6.07) is 0.642. The van der Waals surface area contributed by atoms with E-state index in [-0.39, 0.29) is 0 Å². The summed E-state index contributed by atoms with van der Waals surface area (Å²) < 4.78 is 0. The van der Waals surface area contributed by atoms with Crippen molar-refractivity contribution in [3.05, 3.63) is 0 Å². The van der Waals surface area contributed by atoms with Gasteiger partial charge in [0.1, 0.15) is 0 Å². The van der Waals surface area contributed by atoms with Gasteiger partial charge in [-0.3, -0.25) is 4.90 Å². The Bertz CT molecular complexity index is 225. The minimum atomic E-state index is 0.484. The SMILES string of the molecule is CCN(CC1(CS)CCCCC1)C(C)CN(C)C. The predicted molar refractivity (Wildman–Crippen MR) is 84.6 cm³/mol. The maximum absolute atomic E-state index is 4.66.